The Morgan fingerprint density at radius 3 is 2.31 bits per heavy atom. The summed E-state index contributed by atoms with van der Waals surface area (Å²) in [5.74, 6) is 0.251. The number of nitrogens with two attached hydrogens (primary N) is 1. The molecule has 0 bridgehead atoms. The van der Waals surface area contributed by atoms with Crippen molar-refractivity contribution in [2.75, 3.05) is 18.1 Å². The lowest BCUT2D eigenvalue weighted by Gasteiger charge is -2.02. The van der Waals surface area contributed by atoms with Gasteiger partial charge >= 0.3 is 0 Å². The van der Waals surface area contributed by atoms with E-state index in [0.717, 1.165) is 19.3 Å². The Bertz CT molecular complexity index is 286. The highest BCUT2D eigenvalue weighted by Gasteiger charge is 2.12. The van der Waals surface area contributed by atoms with Gasteiger partial charge in [0.25, 0.3) is 0 Å². The second-order valence-corrected chi connectivity index (χ2v) is 6.34. The molecule has 2 N–H and O–H groups in total. The third-order valence-corrected chi connectivity index (χ3v) is 4.22. The average Bonchev–Trinajstić information content (AvgIpc) is 2.22. The van der Waals surface area contributed by atoms with Gasteiger partial charge in [-0.25, -0.2) is 8.42 Å². The van der Waals surface area contributed by atoms with Crippen molar-refractivity contribution in [1.29, 1.82) is 0 Å². The summed E-state index contributed by atoms with van der Waals surface area (Å²) in [6.07, 6.45) is 3.98. The monoisotopic (exact) mass is 249 g/mol. The lowest BCUT2D eigenvalue weighted by Crippen LogP contribution is -2.14. The maximum atomic E-state index is 11.4. The zero-order chi connectivity index (χ0) is 12.4. The van der Waals surface area contributed by atoms with Crippen LogP contribution in [0.4, 0.5) is 0 Å². The third-order valence-electron chi connectivity index (χ3n) is 2.37. The number of sulfone groups is 1. The van der Waals surface area contributed by atoms with Crippen LogP contribution >= 0.6 is 0 Å². The Morgan fingerprint density at radius 1 is 1.06 bits per heavy atom. The van der Waals surface area contributed by atoms with E-state index >= 15 is 0 Å². The van der Waals surface area contributed by atoms with Crippen LogP contribution in [0.2, 0.25) is 0 Å². The van der Waals surface area contributed by atoms with Crippen LogP contribution in [0, 0.1) is 0 Å². The van der Waals surface area contributed by atoms with E-state index in [-0.39, 0.29) is 23.7 Å². The SMILES string of the molecule is CCCS(=O)(=O)CCC(=O)CCCCCN. The molecule has 0 saturated heterocycles. The number of carbonyl (C=O) groups is 1. The normalized spacial score (nSPS) is 11.6. The summed E-state index contributed by atoms with van der Waals surface area (Å²) in [7, 11) is -3.00. The quantitative estimate of drug-likeness (QED) is 0.592. The van der Waals surface area contributed by atoms with E-state index in [9.17, 15) is 13.2 Å². The molecule has 0 heterocycles. The van der Waals surface area contributed by atoms with E-state index in [2.05, 4.69) is 0 Å². The molecule has 0 saturated carbocycles. The van der Waals surface area contributed by atoms with Crippen LogP contribution in [0.25, 0.3) is 0 Å². The van der Waals surface area contributed by atoms with Crippen molar-refractivity contribution < 1.29 is 13.2 Å². The second-order valence-electron chi connectivity index (χ2n) is 4.04. The lowest BCUT2D eigenvalue weighted by atomic mass is 10.1. The molecule has 0 rings (SSSR count). The molecule has 0 amide bonds. The number of ketones is 1. The van der Waals surface area contributed by atoms with Gasteiger partial charge in [-0.3, -0.25) is 4.79 Å². The van der Waals surface area contributed by atoms with Gasteiger partial charge in [0.15, 0.2) is 9.84 Å². The minimum absolute atomic E-state index is 0.0105. The van der Waals surface area contributed by atoms with Gasteiger partial charge in [0.2, 0.25) is 0 Å². The summed E-state index contributed by atoms with van der Waals surface area (Å²) < 4.78 is 22.7. The van der Waals surface area contributed by atoms with Gasteiger partial charge in [-0.15, -0.1) is 0 Å². The van der Waals surface area contributed by atoms with Gasteiger partial charge in [0, 0.05) is 18.6 Å². The molecule has 0 spiro atoms. The average molecular weight is 249 g/mol. The minimum atomic E-state index is -3.00. The Morgan fingerprint density at radius 2 is 1.75 bits per heavy atom. The molecule has 0 aliphatic heterocycles. The van der Waals surface area contributed by atoms with E-state index in [0.29, 0.717) is 19.4 Å². The summed E-state index contributed by atoms with van der Waals surface area (Å²) in [4.78, 5) is 11.4. The van der Waals surface area contributed by atoms with Crippen molar-refractivity contribution in [3.8, 4) is 0 Å². The molecule has 5 heteroatoms. The molecule has 0 unspecified atom stereocenters. The van der Waals surface area contributed by atoms with Crippen molar-refractivity contribution in [1.82, 2.24) is 0 Å². The van der Waals surface area contributed by atoms with Crippen LogP contribution in [0.1, 0.15) is 45.4 Å². The lowest BCUT2D eigenvalue weighted by molar-refractivity contribution is -0.118. The van der Waals surface area contributed by atoms with Crippen molar-refractivity contribution in [3.63, 3.8) is 0 Å². The molecule has 4 nitrogen and oxygen atoms in total. The fourth-order valence-corrected chi connectivity index (χ4v) is 2.82. The van der Waals surface area contributed by atoms with Crippen LogP contribution in [-0.2, 0) is 14.6 Å². The number of Topliss-reactive ketones (excluding diaryl/α,β-unsaturated/α-hetero) is 1. The van der Waals surface area contributed by atoms with Gasteiger partial charge in [0.1, 0.15) is 5.78 Å². The minimum Gasteiger partial charge on any atom is -0.330 e. The molecule has 0 aliphatic rings. The zero-order valence-corrected chi connectivity index (χ0v) is 10.9. The maximum Gasteiger partial charge on any atom is 0.150 e. The van der Waals surface area contributed by atoms with Gasteiger partial charge in [-0.1, -0.05) is 13.3 Å². The number of carbonyl (C=O) groups excluding carboxylic acids is 1. The van der Waals surface area contributed by atoms with E-state index in [4.69, 9.17) is 5.73 Å². The number of hydrogen-bond acceptors (Lipinski definition) is 4. The van der Waals surface area contributed by atoms with E-state index in [1.165, 1.54) is 0 Å². The summed E-state index contributed by atoms with van der Waals surface area (Å²) >= 11 is 0. The highest BCUT2D eigenvalue weighted by Crippen LogP contribution is 2.04. The summed E-state index contributed by atoms with van der Waals surface area (Å²) in [6, 6.07) is 0. The summed E-state index contributed by atoms with van der Waals surface area (Å²) in [5, 5.41) is 0. The first kappa shape index (κ1) is 15.6. The van der Waals surface area contributed by atoms with Gasteiger partial charge in [-0.2, -0.15) is 0 Å². The zero-order valence-electron chi connectivity index (χ0n) is 10.1. The highest BCUT2D eigenvalue weighted by molar-refractivity contribution is 7.91. The fraction of sp³-hybridized carbons (Fsp3) is 0.909. The molecule has 0 aliphatic carbocycles. The highest BCUT2D eigenvalue weighted by atomic mass is 32.2. The first-order chi connectivity index (χ1) is 7.52. The Balaban J connectivity index is 3.65. The van der Waals surface area contributed by atoms with Crippen molar-refractivity contribution in [2.24, 2.45) is 5.73 Å². The van der Waals surface area contributed by atoms with Crippen molar-refractivity contribution in [3.05, 3.63) is 0 Å². The van der Waals surface area contributed by atoms with E-state index < -0.39 is 9.84 Å². The molecule has 0 aromatic carbocycles. The Hall–Kier alpha value is -0.420. The fourth-order valence-electron chi connectivity index (χ4n) is 1.45. The molecule has 0 fully saturated rings. The number of hydrogen-bond donors (Lipinski definition) is 1. The van der Waals surface area contributed by atoms with Crippen molar-refractivity contribution >= 4 is 15.6 Å². The number of unbranched alkanes of at least 4 members (excludes halogenated alkanes) is 2. The van der Waals surface area contributed by atoms with E-state index in [1.54, 1.807) is 0 Å². The van der Waals surface area contributed by atoms with Crippen LogP contribution in [0.15, 0.2) is 0 Å². The van der Waals surface area contributed by atoms with Gasteiger partial charge in [-0.05, 0) is 25.8 Å². The first-order valence-electron chi connectivity index (χ1n) is 5.94. The maximum absolute atomic E-state index is 11.4. The van der Waals surface area contributed by atoms with Crippen LogP contribution in [0.3, 0.4) is 0 Å². The van der Waals surface area contributed by atoms with Crippen molar-refractivity contribution in [2.45, 2.75) is 45.4 Å². The van der Waals surface area contributed by atoms with E-state index in [1.807, 2.05) is 6.92 Å². The van der Waals surface area contributed by atoms with Crippen LogP contribution in [-0.4, -0.2) is 32.3 Å². The van der Waals surface area contributed by atoms with Gasteiger partial charge < -0.3 is 5.73 Å². The molecule has 16 heavy (non-hydrogen) atoms. The molecular formula is C11H23NO3S. The standard InChI is InChI=1S/C11H23NO3S/c1-2-9-16(14,15)10-7-11(13)6-4-3-5-8-12/h2-10,12H2,1H3. The second kappa shape index (κ2) is 8.70. The predicted molar refractivity (Wildman–Crippen MR) is 66.1 cm³/mol. The predicted octanol–water partition coefficient (Wildman–Crippen LogP) is 1.29. The third kappa shape index (κ3) is 8.85. The Labute approximate surface area is 98.5 Å². The van der Waals surface area contributed by atoms with Crippen LogP contribution < -0.4 is 5.73 Å². The number of rotatable bonds is 10. The smallest absolute Gasteiger partial charge is 0.150 e. The summed E-state index contributed by atoms with van der Waals surface area (Å²) in [5.41, 5.74) is 5.33. The Kier molecular flexibility index (Phi) is 8.47. The summed E-state index contributed by atoms with van der Waals surface area (Å²) in [6.45, 7) is 2.48. The van der Waals surface area contributed by atoms with Gasteiger partial charge in [0.05, 0.1) is 5.75 Å². The molecule has 0 radical (unpaired) electrons. The topological polar surface area (TPSA) is 77.2 Å². The molecule has 0 aromatic rings. The first-order valence-corrected chi connectivity index (χ1v) is 7.76. The molecular weight excluding hydrogens is 226 g/mol. The molecule has 96 valence electrons. The molecule has 0 aromatic heterocycles. The van der Waals surface area contributed by atoms with Crippen LogP contribution in [0.5, 0.6) is 0 Å². The molecule has 0 atom stereocenters. The largest absolute Gasteiger partial charge is 0.330 e.